The first kappa shape index (κ1) is 20.8. The van der Waals surface area contributed by atoms with Crippen LogP contribution in [0.3, 0.4) is 0 Å². The number of nitrogens with one attached hydrogen (secondary N) is 1. The van der Waals surface area contributed by atoms with Crippen molar-refractivity contribution in [1.29, 1.82) is 0 Å². The van der Waals surface area contributed by atoms with E-state index in [0.717, 1.165) is 27.6 Å². The summed E-state index contributed by atoms with van der Waals surface area (Å²) in [6.07, 6.45) is 0. The minimum absolute atomic E-state index is 0.186. The van der Waals surface area contributed by atoms with Crippen LogP contribution < -0.4 is 14.8 Å². The van der Waals surface area contributed by atoms with Crippen LogP contribution in [0.1, 0.15) is 21.5 Å². The molecule has 0 spiro atoms. The summed E-state index contributed by atoms with van der Waals surface area (Å²) >= 11 is 6.17. The molecule has 1 amide bonds. The Morgan fingerprint density at radius 3 is 2.45 bits per heavy atom. The minimum atomic E-state index is -0.186. The predicted octanol–water partition coefficient (Wildman–Crippen LogP) is 6.01. The molecule has 0 aromatic heterocycles. The highest BCUT2D eigenvalue weighted by Gasteiger charge is 2.12. The van der Waals surface area contributed by atoms with Gasteiger partial charge in [-0.15, -0.1) is 0 Å². The van der Waals surface area contributed by atoms with Gasteiger partial charge in [0.15, 0.2) is 0 Å². The molecule has 0 radical (unpaired) electrons. The SMILES string of the molecule is COc1ccc(C(=O)NCc2ccccc2Cl)cc1COc1ccc2ccccc2c1. The molecule has 4 rings (SSSR count). The number of rotatable bonds is 7. The van der Waals surface area contributed by atoms with Crippen LogP contribution in [0, 0.1) is 0 Å². The molecule has 0 unspecified atom stereocenters. The highest BCUT2D eigenvalue weighted by Crippen LogP contribution is 2.25. The molecule has 0 fully saturated rings. The van der Waals surface area contributed by atoms with Crippen LogP contribution >= 0.6 is 11.6 Å². The van der Waals surface area contributed by atoms with Gasteiger partial charge in [0, 0.05) is 22.7 Å². The van der Waals surface area contributed by atoms with Gasteiger partial charge in [-0.1, -0.05) is 60.1 Å². The molecule has 4 nitrogen and oxygen atoms in total. The van der Waals surface area contributed by atoms with Crippen molar-refractivity contribution in [2.45, 2.75) is 13.2 Å². The lowest BCUT2D eigenvalue weighted by Gasteiger charge is -2.13. The Morgan fingerprint density at radius 1 is 0.871 bits per heavy atom. The fourth-order valence-electron chi connectivity index (χ4n) is 3.37. The van der Waals surface area contributed by atoms with Crippen LogP contribution in [-0.2, 0) is 13.2 Å². The van der Waals surface area contributed by atoms with E-state index in [0.29, 0.717) is 22.9 Å². The van der Waals surface area contributed by atoms with Gasteiger partial charge >= 0.3 is 0 Å². The van der Waals surface area contributed by atoms with Gasteiger partial charge < -0.3 is 14.8 Å². The van der Waals surface area contributed by atoms with E-state index < -0.39 is 0 Å². The topological polar surface area (TPSA) is 47.6 Å². The fraction of sp³-hybridized carbons (Fsp3) is 0.115. The summed E-state index contributed by atoms with van der Waals surface area (Å²) < 4.78 is 11.4. The van der Waals surface area contributed by atoms with Gasteiger partial charge in [0.2, 0.25) is 0 Å². The Kier molecular flexibility index (Phi) is 6.39. The zero-order valence-electron chi connectivity index (χ0n) is 17.1. The van der Waals surface area contributed by atoms with E-state index in [-0.39, 0.29) is 12.5 Å². The van der Waals surface area contributed by atoms with Crippen molar-refractivity contribution in [3.63, 3.8) is 0 Å². The van der Waals surface area contributed by atoms with E-state index in [9.17, 15) is 4.79 Å². The second-order valence-corrected chi connectivity index (χ2v) is 7.51. The third-order valence-electron chi connectivity index (χ3n) is 5.06. The number of benzene rings is 4. The van der Waals surface area contributed by atoms with Crippen molar-refractivity contribution < 1.29 is 14.3 Å². The maximum absolute atomic E-state index is 12.7. The maximum atomic E-state index is 12.7. The van der Waals surface area contributed by atoms with Gasteiger partial charge in [0.25, 0.3) is 5.91 Å². The first-order chi connectivity index (χ1) is 15.1. The number of ether oxygens (including phenoxy) is 2. The molecule has 0 atom stereocenters. The second kappa shape index (κ2) is 9.54. The highest BCUT2D eigenvalue weighted by atomic mass is 35.5. The summed E-state index contributed by atoms with van der Waals surface area (Å²) in [4.78, 5) is 12.7. The molecule has 4 aromatic rings. The summed E-state index contributed by atoms with van der Waals surface area (Å²) in [7, 11) is 1.60. The summed E-state index contributed by atoms with van der Waals surface area (Å²) in [6, 6.07) is 26.8. The molecule has 0 aliphatic rings. The summed E-state index contributed by atoms with van der Waals surface area (Å²) in [5.41, 5.74) is 2.19. The van der Waals surface area contributed by atoms with Crippen molar-refractivity contribution in [3.8, 4) is 11.5 Å². The molecule has 31 heavy (non-hydrogen) atoms. The molecule has 156 valence electrons. The van der Waals surface area contributed by atoms with Gasteiger partial charge in [-0.2, -0.15) is 0 Å². The molecule has 0 bridgehead atoms. The van der Waals surface area contributed by atoms with Gasteiger partial charge in [0.05, 0.1) is 7.11 Å². The lowest BCUT2D eigenvalue weighted by molar-refractivity contribution is 0.0950. The largest absolute Gasteiger partial charge is 0.496 e. The highest BCUT2D eigenvalue weighted by molar-refractivity contribution is 6.31. The average molecular weight is 432 g/mol. The number of carbonyl (C=O) groups excluding carboxylic acids is 1. The van der Waals surface area contributed by atoms with E-state index in [4.69, 9.17) is 21.1 Å². The molecule has 4 aromatic carbocycles. The van der Waals surface area contributed by atoms with E-state index >= 15 is 0 Å². The third-order valence-corrected chi connectivity index (χ3v) is 5.42. The number of hydrogen-bond donors (Lipinski definition) is 1. The van der Waals surface area contributed by atoms with Crippen LogP contribution in [0.2, 0.25) is 5.02 Å². The molecule has 5 heteroatoms. The summed E-state index contributed by atoms with van der Waals surface area (Å²) in [5, 5.41) is 5.80. The van der Waals surface area contributed by atoms with E-state index in [1.807, 2.05) is 54.6 Å². The quantitative estimate of drug-likeness (QED) is 0.389. The Balaban J connectivity index is 1.47. The monoisotopic (exact) mass is 431 g/mol. The summed E-state index contributed by atoms with van der Waals surface area (Å²) in [5.74, 6) is 1.24. The Bertz CT molecular complexity index is 1220. The molecule has 1 N–H and O–H groups in total. The standard InChI is InChI=1S/C26H22ClNO3/c1-30-25-13-11-20(26(29)28-16-21-8-4-5-9-24(21)27)14-22(25)17-31-23-12-10-18-6-2-3-7-19(18)15-23/h2-15H,16-17H2,1H3,(H,28,29). The number of halogens is 1. The Morgan fingerprint density at radius 2 is 1.65 bits per heavy atom. The zero-order valence-corrected chi connectivity index (χ0v) is 17.9. The van der Waals surface area contributed by atoms with Crippen molar-refractivity contribution in [3.05, 3.63) is 107 Å². The normalized spacial score (nSPS) is 10.6. The molecular weight excluding hydrogens is 410 g/mol. The first-order valence-electron chi connectivity index (χ1n) is 9.94. The van der Waals surface area contributed by atoms with Crippen LogP contribution in [0.5, 0.6) is 11.5 Å². The lowest BCUT2D eigenvalue weighted by atomic mass is 10.1. The smallest absolute Gasteiger partial charge is 0.251 e. The second-order valence-electron chi connectivity index (χ2n) is 7.10. The number of carbonyl (C=O) groups is 1. The number of hydrogen-bond acceptors (Lipinski definition) is 3. The predicted molar refractivity (Wildman–Crippen MR) is 124 cm³/mol. The molecule has 0 heterocycles. The third kappa shape index (κ3) is 4.98. The number of amides is 1. The Labute approximate surface area is 186 Å². The van der Waals surface area contributed by atoms with E-state index in [1.54, 1.807) is 31.4 Å². The fourth-order valence-corrected chi connectivity index (χ4v) is 3.57. The Hall–Kier alpha value is -3.50. The van der Waals surface area contributed by atoms with Crippen LogP contribution in [0.4, 0.5) is 0 Å². The van der Waals surface area contributed by atoms with E-state index in [2.05, 4.69) is 11.4 Å². The van der Waals surface area contributed by atoms with Crippen LogP contribution in [0.15, 0.2) is 84.9 Å². The van der Waals surface area contributed by atoms with Crippen molar-refractivity contribution >= 4 is 28.3 Å². The van der Waals surface area contributed by atoms with Gasteiger partial charge in [-0.25, -0.2) is 0 Å². The zero-order chi connectivity index (χ0) is 21.6. The average Bonchev–Trinajstić information content (AvgIpc) is 2.81. The van der Waals surface area contributed by atoms with Gasteiger partial charge in [0.1, 0.15) is 18.1 Å². The van der Waals surface area contributed by atoms with Crippen LogP contribution in [0.25, 0.3) is 10.8 Å². The van der Waals surface area contributed by atoms with Crippen molar-refractivity contribution in [2.24, 2.45) is 0 Å². The summed E-state index contributed by atoms with van der Waals surface area (Å²) in [6.45, 7) is 0.639. The van der Waals surface area contributed by atoms with Gasteiger partial charge in [-0.05, 0) is 52.7 Å². The van der Waals surface area contributed by atoms with Crippen LogP contribution in [-0.4, -0.2) is 13.0 Å². The molecule has 0 aliphatic heterocycles. The maximum Gasteiger partial charge on any atom is 0.251 e. The molecule has 0 saturated carbocycles. The lowest BCUT2D eigenvalue weighted by Crippen LogP contribution is -2.23. The molecule has 0 saturated heterocycles. The molecule has 0 aliphatic carbocycles. The first-order valence-corrected chi connectivity index (χ1v) is 10.3. The number of fused-ring (bicyclic) bond motifs is 1. The van der Waals surface area contributed by atoms with Gasteiger partial charge in [-0.3, -0.25) is 4.79 Å². The minimum Gasteiger partial charge on any atom is -0.496 e. The molecular formula is C26H22ClNO3. The number of methoxy groups -OCH3 is 1. The van der Waals surface area contributed by atoms with E-state index in [1.165, 1.54) is 0 Å². The van der Waals surface area contributed by atoms with Crippen molar-refractivity contribution in [2.75, 3.05) is 7.11 Å². The van der Waals surface area contributed by atoms with Crippen molar-refractivity contribution in [1.82, 2.24) is 5.32 Å².